The minimum Gasteiger partial charge on any atom is -0.387 e. The molecule has 33 heavy (non-hydrogen) atoms. The molecule has 6 N–H and O–H groups in total. The molecule has 2 amide bonds. The van der Waals surface area contributed by atoms with E-state index >= 15 is 0 Å². The van der Waals surface area contributed by atoms with Crippen molar-refractivity contribution in [2.75, 3.05) is 18.8 Å². The summed E-state index contributed by atoms with van der Waals surface area (Å²) in [6.07, 6.45) is 2.57. The Morgan fingerprint density at radius 3 is 2.52 bits per heavy atom. The van der Waals surface area contributed by atoms with Crippen LogP contribution in [0.15, 0.2) is 72.9 Å². The average molecular weight is 448 g/mol. The van der Waals surface area contributed by atoms with E-state index in [0.29, 0.717) is 25.5 Å². The molecule has 2 aromatic carbocycles. The Labute approximate surface area is 195 Å². The van der Waals surface area contributed by atoms with Crippen molar-refractivity contribution in [1.29, 1.82) is 0 Å². The van der Waals surface area contributed by atoms with Gasteiger partial charge in [-0.3, -0.25) is 0 Å². The molecular weight excluding hydrogens is 414 g/mol. The number of nitrogen functional groups attached to an aromatic ring is 1. The second-order valence-electron chi connectivity index (χ2n) is 8.21. The highest BCUT2D eigenvalue weighted by Gasteiger charge is 2.11. The Kier molecular flexibility index (Phi) is 9.23. The highest BCUT2D eigenvalue weighted by atomic mass is 16.3. The molecule has 0 saturated heterocycles. The lowest BCUT2D eigenvalue weighted by atomic mass is 10.0. The van der Waals surface area contributed by atoms with Gasteiger partial charge < -0.3 is 26.8 Å². The van der Waals surface area contributed by atoms with Gasteiger partial charge in [0.1, 0.15) is 5.82 Å². The Bertz CT molecular complexity index is 995. The van der Waals surface area contributed by atoms with Gasteiger partial charge in [0.2, 0.25) is 0 Å². The molecule has 7 nitrogen and oxygen atoms in total. The molecule has 7 heteroatoms. The van der Waals surface area contributed by atoms with Crippen molar-refractivity contribution in [3.05, 3.63) is 95.2 Å². The molecule has 1 heterocycles. The van der Waals surface area contributed by atoms with Crippen LogP contribution >= 0.6 is 0 Å². The summed E-state index contributed by atoms with van der Waals surface area (Å²) < 4.78 is 0. The van der Waals surface area contributed by atoms with E-state index < -0.39 is 6.10 Å². The highest BCUT2D eigenvalue weighted by molar-refractivity contribution is 5.73. The first-order chi connectivity index (χ1) is 16.0. The minimum atomic E-state index is -0.642. The number of rotatable bonds is 11. The Morgan fingerprint density at radius 2 is 1.76 bits per heavy atom. The number of anilines is 1. The molecule has 0 aliphatic heterocycles. The second-order valence-corrected chi connectivity index (χ2v) is 8.21. The molecule has 0 aliphatic carbocycles. The SMILES string of the molecule is C[C@H](Cc1cccc(CNC(=O)NCCc2ccccc2)c1)NC[C@H](O)c1ccc(N)nc1. The zero-order chi connectivity index (χ0) is 23.5. The molecule has 0 spiro atoms. The Balaban J connectivity index is 1.38. The van der Waals surface area contributed by atoms with Gasteiger partial charge >= 0.3 is 6.03 Å². The standard InChI is InChI=1S/C26H33N5O2/c1-19(29-18-24(32)23-10-11-25(27)30-17-23)14-21-8-5-9-22(15-21)16-31-26(33)28-13-12-20-6-3-2-4-7-20/h2-11,15,17,19,24,29,32H,12-14,16,18H2,1H3,(H2,27,30)(H2,28,31,33)/t19-,24+/m1/s1. The number of aliphatic hydroxyl groups is 1. The van der Waals surface area contributed by atoms with Gasteiger partial charge in [0.25, 0.3) is 0 Å². The Morgan fingerprint density at radius 1 is 1.00 bits per heavy atom. The lowest BCUT2D eigenvalue weighted by Crippen LogP contribution is -2.36. The summed E-state index contributed by atoms with van der Waals surface area (Å²) in [6, 6.07) is 21.7. The normalized spacial score (nSPS) is 12.7. The zero-order valence-corrected chi connectivity index (χ0v) is 19.0. The fraction of sp³-hybridized carbons (Fsp3) is 0.308. The number of hydrogen-bond acceptors (Lipinski definition) is 5. The van der Waals surface area contributed by atoms with Gasteiger partial charge in [-0.2, -0.15) is 0 Å². The molecule has 174 valence electrons. The zero-order valence-electron chi connectivity index (χ0n) is 19.0. The maximum absolute atomic E-state index is 12.1. The average Bonchev–Trinajstić information content (AvgIpc) is 2.82. The van der Waals surface area contributed by atoms with Crippen LogP contribution in [0.25, 0.3) is 0 Å². The summed E-state index contributed by atoms with van der Waals surface area (Å²) in [6.45, 7) is 3.57. The van der Waals surface area contributed by atoms with Crippen molar-refractivity contribution in [2.24, 2.45) is 0 Å². The highest BCUT2D eigenvalue weighted by Crippen LogP contribution is 2.13. The number of nitrogens with two attached hydrogens (primary N) is 1. The van der Waals surface area contributed by atoms with Crippen molar-refractivity contribution in [2.45, 2.75) is 38.5 Å². The van der Waals surface area contributed by atoms with Crippen LogP contribution in [-0.4, -0.2) is 35.3 Å². The van der Waals surface area contributed by atoms with E-state index in [4.69, 9.17) is 5.73 Å². The summed E-state index contributed by atoms with van der Waals surface area (Å²) in [4.78, 5) is 16.1. The fourth-order valence-electron chi connectivity index (χ4n) is 3.55. The van der Waals surface area contributed by atoms with Gasteiger partial charge in [0.05, 0.1) is 6.10 Å². The number of amides is 2. The molecule has 1 aromatic heterocycles. The van der Waals surface area contributed by atoms with Crippen LogP contribution < -0.4 is 21.7 Å². The largest absolute Gasteiger partial charge is 0.387 e. The first kappa shape index (κ1) is 24.2. The third kappa shape index (κ3) is 8.56. The number of nitrogens with one attached hydrogen (secondary N) is 3. The molecule has 3 rings (SSSR count). The van der Waals surface area contributed by atoms with Crippen LogP contribution in [0.1, 0.15) is 35.3 Å². The van der Waals surface area contributed by atoms with E-state index in [9.17, 15) is 9.90 Å². The van der Waals surface area contributed by atoms with Crippen molar-refractivity contribution >= 4 is 11.8 Å². The molecule has 0 fully saturated rings. The smallest absolute Gasteiger partial charge is 0.315 e. The fourth-order valence-corrected chi connectivity index (χ4v) is 3.55. The first-order valence-corrected chi connectivity index (χ1v) is 11.3. The van der Waals surface area contributed by atoms with Crippen molar-refractivity contribution < 1.29 is 9.90 Å². The van der Waals surface area contributed by atoms with Crippen molar-refractivity contribution in [3.63, 3.8) is 0 Å². The van der Waals surface area contributed by atoms with Gasteiger partial charge in [0, 0.05) is 37.4 Å². The summed E-state index contributed by atoms with van der Waals surface area (Å²) >= 11 is 0. The summed E-state index contributed by atoms with van der Waals surface area (Å²) in [5.74, 6) is 0.436. The van der Waals surface area contributed by atoms with Gasteiger partial charge in [-0.15, -0.1) is 0 Å². The number of hydrogen-bond donors (Lipinski definition) is 5. The number of benzene rings is 2. The van der Waals surface area contributed by atoms with Crippen molar-refractivity contribution in [3.8, 4) is 0 Å². The monoisotopic (exact) mass is 447 g/mol. The van der Waals surface area contributed by atoms with Crippen LogP contribution in [0.4, 0.5) is 10.6 Å². The number of aromatic nitrogens is 1. The van der Waals surface area contributed by atoms with Gasteiger partial charge in [-0.05, 0) is 42.5 Å². The van der Waals surface area contributed by atoms with E-state index in [2.05, 4.69) is 52.1 Å². The Hall–Kier alpha value is -3.42. The predicted molar refractivity (Wildman–Crippen MR) is 132 cm³/mol. The molecule has 2 atom stereocenters. The van der Waals surface area contributed by atoms with Crippen LogP contribution in [0.5, 0.6) is 0 Å². The number of urea groups is 1. The molecule has 3 aromatic rings. The maximum Gasteiger partial charge on any atom is 0.315 e. The predicted octanol–water partition coefficient (Wildman–Crippen LogP) is 2.96. The molecule has 0 unspecified atom stereocenters. The topological polar surface area (TPSA) is 112 Å². The van der Waals surface area contributed by atoms with Crippen LogP contribution in [-0.2, 0) is 19.4 Å². The minimum absolute atomic E-state index is 0.169. The number of pyridine rings is 1. The van der Waals surface area contributed by atoms with Gasteiger partial charge in [-0.25, -0.2) is 9.78 Å². The van der Waals surface area contributed by atoms with E-state index in [1.807, 2.05) is 30.3 Å². The third-order valence-corrected chi connectivity index (χ3v) is 5.38. The van der Waals surface area contributed by atoms with E-state index in [0.717, 1.165) is 24.0 Å². The lowest BCUT2D eigenvalue weighted by Gasteiger charge is -2.18. The molecule has 0 bridgehead atoms. The third-order valence-electron chi connectivity index (χ3n) is 5.38. The molecule has 0 radical (unpaired) electrons. The summed E-state index contributed by atoms with van der Waals surface area (Å²) in [5.41, 5.74) is 9.74. The molecular formula is C26H33N5O2. The van der Waals surface area contributed by atoms with Crippen molar-refractivity contribution in [1.82, 2.24) is 20.9 Å². The van der Waals surface area contributed by atoms with Crippen LogP contribution in [0, 0.1) is 0 Å². The lowest BCUT2D eigenvalue weighted by molar-refractivity contribution is 0.170. The van der Waals surface area contributed by atoms with E-state index in [1.165, 1.54) is 11.1 Å². The molecule has 0 aliphatic rings. The van der Waals surface area contributed by atoms with E-state index in [1.54, 1.807) is 18.3 Å². The number of carbonyl (C=O) groups is 1. The van der Waals surface area contributed by atoms with Gasteiger partial charge in [0.15, 0.2) is 0 Å². The van der Waals surface area contributed by atoms with Crippen LogP contribution in [0.2, 0.25) is 0 Å². The first-order valence-electron chi connectivity index (χ1n) is 11.3. The number of aliphatic hydroxyl groups excluding tert-OH is 1. The maximum atomic E-state index is 12.1. The van der Waals surface area contributed by atoms with E-state index in [-0.39, 0.29) is 12.1 Å². The quantitative estimate of drug-likeness (QED) is 0.310. The second kappa shape index (κ2) is 12.6. The molecule has 0 saturated carbocycles. The number of nitrogens with zero attached hydrogens (tertiary/aromatic N) is 1. The number of carbonyl (C=O) groups excluding carboxylic acids is 1. The van der Waals surface area contributed by atoms with Gasteiger partial charge in [-0.1, -0.05) is 60.7 Å². The summed E-state index contributed by atoms with van der Waals surface area (Å²) in [7, 11) is 0. The summed E-state index contributed by atoms with van der Waals surface area (Å²) in [5, 5.41) is 19.5. The van der Waals surface area contributed by atoms with Crippen LogP contribution in [0.3, 0.4) is 0 Å².